The Hall–Kier alpha value is -2.92. The number of rotatable bonds is 8. The number of nitrogens with zero attached hydrogens (tertiary/aromatic N) is 2. The Balaban J connectivity index is 1.97. The van der Waals surface area contributed by atoms with E-state index >= 15 is 0 Å². The van der Waals surface area contributed by atoms with Gasteiger partial charge in [0.2, 0.25) is 5.91 Å². The van der Waals surface area contributed by atoms with Gasteiger partial charge >= 0.3 is 0 Å². The maximum Gasteiger partial charge on any atom is 0.236 e. The number of carbonyl (C=O) groups is 2. The van der Waals surface area contributed by atoms with E-state index < -0.39 is 0 Å². The van der Waals surface area contributed by atoms with Crippen molar-refractivity contribution < 1.29 is 9.59 Å². The van der Waals surface area contributed by atoms with Gasteiger partial charge in [0, 0.05) is 25.0 Å². The van der Waals surface area contributed by atoms with Crippen molar-refractivity contribution in [1.82, 2.24) is 14.8 Å². The minimum Gasteiger partial charge on any atom is -0.354 e. The number of benzene rings is 2. The fourth-order valence-electron chi connectivity index (χ4n) is 3.40. The van der Waals surface area contributed by atoms with Crippen molar-refractivity contribution in [3.63, 3.8) is 0 Å². The molecule has 0 aliphatic rings. The van der Waals surface area contributed by atoms with Gasteiger partial charge < -0.3 is 9.88 Å². The summed E-state index contributed by atoms with van der Waals surface area (Å²) in [5, 5.41) is 0.918. The van der Waals surface area contributed by atoms with E-state index in [1.165, 1.54) is 0 Å². The largest absolute Gasteiger partial charge is 0.354 e. The Kier molecular flexibility index (Phi) is 6.26. The molecule has 0 unspecified atom stereocenters. The molecule has 0 aliphatic carbocycles. The predicted molar refractivity (Wildman–Crippen MR) is 113 cm³/mol. The molecule has 2 aromatic carbocycles. The molecule has 0 atom stereocenters. The number of Topliss-reactive ketones (excluding diaryl/α,β-unsaturated/α-hetero) is 1. The Labute approximate surface area is 166 Å². The molecule has 3 aromatic rings. The number of H-pyrrole nitrogens is 1. The lowest BCUT2D eigenvalue weighted by Crippen LogP contribution is -2.39. The normalized spacial score (nSPS) is 11.1. The fraction of sp³-hybridized carbons (Fsp3) is 0.304. The van der Waals surface area contributed by atoms with Crippen LogP contribution < -0.4 is 0 Å². The molecular formula is C23H27N3O2. The molecule has 1 aromatic heterocycles. The van der Waals surface area contributed by atoms with Gasteiger partial charge in [-0.05, 0) is 24.6 Å². The molecule has 1 N–H and O–H groups in total. The molecule has 1 heterocycles. The summed E-state index contributed by atoms with van der Waals surface area (Å²) < 4.78 is 0. The summed E-state index contributed by atoms with van der Waals surface area (Å²) in [4.78, 5) is 32.4. The molecule has 1 amide bonds. The number of carbonyl (C=O) groups excluding carboxylic acids is 2. The van der Waals surface area contributed by atoms with E-state index in [9.17, 15) is 9.59 Å². The Morgan fingerprint density at radius 2 is 1.61 bits per heavy atom. The zero-order chi connectivity index (χ0) is 20.1. The molecule has 5 nitrogen and oxygen atoms in total. The topological polar surface area (TPSA) is 56.4 Å². The smallest absolute Gasteiger partial charge is 0.236 e. The first-order valence-electron chi connectivity index (χ1n) is 9.63. The zero-order valence-electron chi connectivity index (χ0n) is 16.7. The predicted octanol–water partition coefficient (Wildman–Crippen LogP) is 3.82. The average Bonchev–Trinajstić information content (AvgIpc) is 3.08. The maximum atomic E-state index is 13.4. The lowest BCUT2D eigenvalue weighted by Gasteiger charge is -2.22. The molecule has 0 fully saturated rings. The highest BCUT2D eigenvalue weighted by molar-refractivity contribution is 6.14. The zero-order valence-corrected chi connectivity index (χ0v) is 16.7. The second kappa shape index (κ2) is 8.85. The fourth-order valence-corrected chi connectivity index (χ4v) is 3.40. The third-order valence-corrected chi connectivity index (χ3v) is 4.81. The van der Waals surface area contributed by atoms with E-state index in [4.69, 9.17) is 0 Å². The quantitative estimate of drug-likeness (QED) is 0.607. The first-order chi connectivity index (χ1) is 13.5. The minimum absolute atomic E-state index is 0.00320. The lowest BCUT2D eigenvalue weighted by molar-refractivity contribution is -0.129. The number of likely N-dealkylation sites (N-methyl/N-ethyl adjacent to an activating group) is 1. The number of hydrogen-bond acceptors (Lipinski definition) is 3. The van der Waals surface area contributed by atoms with Crippen LogP contribution in [0.1, 0.15) is 23.7 Å². The first-order valence-corrected chi connectivity index (χ1v) is 9.63. The van der Waals surface area contributed by atoms with Gasteiger partial charge in [0.1, 0.15) is 0 Å². The molecule has 0 saturated carbocycles. The van der Waals surface area contributed by atoms with Crippen molar-refractivity contribution >= 4 is 22.6 Å². The molecule has 0 bridgehead atoms. The minimum atomic E-state index is 0.00320. The Morgan fingerprint density at radius 3 is 2.29 bits per heavy atom. The van der Waals surface area contributed by atoms with E-state index in [0.717, 1.165) is 28.6 Å². The molecule has 146 valence electrons. The highest BCUT2D eigenvalue weighted by Gasteiger charge is 2.22. The maximum absolute atomic E-state index is 13.4. The van der Waals surface area contributed by atoms with Crippen LogP contribution in [0.4, 0.5) is 0 Å². The third-order valence-electron chi connectivity index (χ3n) is 4.81. The van der Waals surface area contributed by atoms with Gasteiger partial charge in [-0.25, -0.2) is 0 Å². The molecule has 3 rings (SSSR count). The van der Waals surface area contributed by atoms with E-state index in [2.05, 4.69) is 11.9 Å². The van der Waals surface area contributed by atoms with Crippen LogP contribution in [0.3, 0.4) is 0 Å². The molecule has 0 saturated heterocycles. The van der Waals surface area contributed by atoms with Gasteiger partial charge in [-0.2, -0.15) is 0 Å². The Bertz CT molecular complexity index is 960. The molecule has 5 heteroatoms. The summed E-state index contributed by atoms with van der Waals surface area (Å²) in [7, 11) is 3.48. The van der Waals surface area contributed by atoms with Crippen LogP contribution in [0.25, 0.3) is 22.2 Å². The van der Waals surface area contributed by atoms with Crippen LogP contribution in [0.2, 0.25) is 0 Å². The summed E-state index contributed by atoms with van der Waals surface area (Å²) in [6.45, 7) is 3.22. The van der Waals surface area contributed by atoms with Crippen molar-refractivity contribution in [2.75, 3.05) is 33.7 Å². The van der Waals surface area contributed by atoms with Crippen molar-refractivity contribution in [1.29, 1.82) is 0 Å². The van der Waals surface area contributed by atoms with Gasteiger partial charge in [-0.3, -0.25) is 14.5 Å². The second-order valence-electron chi connectivity index (χ2n) is 7.21. The monoisotopic (exact) mass is 377 g/mol. The summed E-state index contributed by atoms with van der Waals surface area (Å²) >= 11 is 0. The van der Waals surface area contributed by atoms with Gasteiger partial charge in [-0.1, -0.05) is 55.5 Å². The van der Waals surface area contributed by atoms with Gasteiger partial charge in [-0.15, -0.1) is 0 Å². The van der Waals surface area contributed by atoms with E-state index in [-0.39, 0.29) is 24.8 Å². The highest BCUT2D eigenvalue weighted by Crippen LogP contribution is 2.30. The second-order valence-corrected chi connectivity index (χ2v) is 7.21. The van der Waals surface area contributed by atoms with Crippen molar-refractivity contribution in [2.45, 2.75) is 13.3 Å². The number of nitrogens with one attached hydrogen (secondary N) is 1. The van der Waals surface area contributed by atoms with Crippen molar-refractivity contribution in [3.05, 3.63) is 60.2 Å². The molecule has 0 aliphatic heterocycles. The number of fused-ring (bicyclic) bond motifs is 1. The molecule has 0 spiro atoms. The van der Waals surface area contributed by atoms with Gasteiger partial charge in [0.05, 0.1) is 24.3 Å². The number of ketones is 1. The van der Waals surface area contributed by atoms with Crippen LogP contribution in [0.5, 0.6) is 0 Å². The van der Waals surface area contributed by atoms with E-state index in [0.29, 0.717) is 12.1 Å². The number of amides is 1. The summed E-state index contributed by atoms with van der Waals surface area (Å²) in [5.74, 6) is 0.0276. The molecule has 0 radical (unpaired) electrons. The summed E-state index contributed by atoms with van der Waals surface area (Å²) in [5.41, 5.74) is 3.45. The average molecular weight is 377 g/mol. The highest BCUT2D eigenvalue weighted by atomic mass is 16.2. The molecule has 28 heavy (non-hydrogen) atoms. The van der Waals surface area contributed by atoms with Crippen LogP contribution in [-0.2, 0) is 4.79 Å². The number of aromatic nitrogens is 1. The van der Waals surface area contributed by atoms with Crippen LogP contribution >= 0.6 is 0 Å². The Morgan fingerprint density at radius 1 is 0.929 bits per heavy atom. The number of hydrogen-bond donors (Lipinski definition) is 1. The van der Waals surface area contributed by atoms with Crippen molar-refractivity contribution in [3.8, 4) is 11.3 Å². The van der Waals surface area contributed by atoms with E-state index in [1.54, 1.807) is 19.0 Å². The van der Waals surface area contributed by atoms with Crippen molar-refractivity contribution in [2.24, 2.45) is 0 Å². The summed E-state index contributed by atoms with van der Waals surface area (Å²) in [6.07, 6.45) is 0.882. The third kappa shape index (κ3) is 4.31. The van der Waals surface area contributed by atoms with Gasteiger partial charge in [0.25, 0.3) is 0 Å². The molecular weight excluding hydrogens is 350 g/mol. The van der Waals surface area contributed by atoms with E-state index in [1.807, 2.05) is 59.5 Å². The number of aromatic amines is 1. The SMILES string of the molecule is CCCN(CC(=O)c1c(-c2ccccc2)[nH]c2ccccc12)CC(=O)N(C)C. The van der Waals surface area contributed by atoms with Crippen LogP contribution in [-0.4, -0.2) is 60.2 Å². The summed E-state index contributed by atoms with van der Waals surface area (Å²) in [6, 6.07) is 17.8. The van der Waals surface area contributed by atoms with Gasteiger partial charge in [0.15, 0.2) is 5.78 Å². The number of para-hydroxylation sites is 1. The first kappa shape index (κ1) is 19.8. The van der Waals surface area contributed by atoms with Crippen LogP contribution in [0, 0.1) is 0 Å². The lowest BCUT2D eigenvalue weighted by atomic mass is 10.0. The van der Waals surface area contributed by atoms with Crippen LogP contribution in [0.15, 0.2) is 54.6 Å². The standard InChI is InChI=1S/C23H27N3O2/c1-4-14-26(16-21(28)25(2)3)15-20(27)22-18-12-8-9-13-19(18)24-23(22)17-10-6-5-7-11-17/h5-13,24H,4,14-16H2,1-3H3.